The first-order chi connectivity index (χ1) is 9.00. The number of halogens is 1. The lowest BCUT2D eigenvalue weighted by Gasteiger charge is -2.23. The first kappa shape index (κ1) is 14.5. The summed E-state index contributed by atoms with van der Waals surface area (Å²) in [4.78, 5) is 10.5. The zero-order chi connectivity index (χ0) is 13.9. The van der Waals surface area contributed by atoms with Crippen LogP contribution >= 0.6 is 15.9 Å². The molecule has 1 aliphatic rings. The van der Waals surface area contributed by atoms with Crippen LogP contribution in [-0.2, 0) is 6.54 Å². The lowest BCUT2D eigenvalue weighted by atomic mass is 9.89. The number of nitro benzene ring substituents is 1. The van der Waals surface area contributed by atoms with Crippen molar-refractivity contribution in [1.29, 1.82) is 0 Å². The zero-order valence-electron chi connectivity index (χ0n) is 11.1. The van der Waals surface area contributed by atoms with Gasteiger partial charge in [-0.15, -0.1) is 0 Å². The van der Waals surface area contributed by atoms with E-state index >= 15 is 0 Å². The van der Waals surface area contributed by atoms with Crippen molar-refractivity contribution in [3.05, 3.63) is 38.3 Å². The lowest BCUT2D eigenvalue weighted by molar-refractivity contribution is -0.385. The molecule has 0 unspecified atom stereocenters. The van der Waals surface area contributed by atoms with Gasteiger partial charge in [0.25, 0.3) is 5.69 Å². The summed E-state index contributed by atoms with van der Waals surface area (Å²) in [6, 6.07) is 5.29. The molecule has 0 amide bonds. The molecule has 0 aromatic heterocycles. The van der Waals surface area contributed by atoms with Crippen molar-refractivity contribution in [1.82, 2.24) is 5.32 Å². The molecule has 0 spiro atoms. The van der Waals surface area contributed by atoms with Crippen LogP contribution in [0, 0.1) is 15.5 Å². The molecule has 1 fully saturated rings. The number of nitro groups is 1. The van der Waals surface area contributed by atoms with Gasteiger partial charge in [0.1, 0.15) is 0 Å². The summed E-state index contributed by atoms with van der Waals surface area (Å²) in [7, 11) is 0. The van der Waals surface area contributed by atoms with E-state index in [4.69, 9.17) is 0 Å². The number of hydrogen-bond donors (Lipinski definition) is 1. The van der Waals surface area contributed by atoms with Crippen molar-refractivity contribution in [2.75, 3.05) is 6.54 Å². The van der Waals surface area contributed by atoms with Crippen LogP contribution in [0.2, 0.25) is 0 Å². The monoisotopic (exact) mass is 326 g/mol. The Hall–Kier alpha value is -0.940. The molecule has 1 aromatic rings. The SMILES string of the molecule is CC1(CNCc2ccc(Br)c([N+](=O)[O-])c2)CCCC1. The molecule has 1 saturated carbocycles. The zero-order valence-corrected chi connectivity index (χ0v) is 12.7. The van der Waals surface area contributed by atoms with Crippen LogP contribution in [0.4, 0.5) is 5.69 Å². The summed E-state index contributed by atoms with van der Waals surface area (Å²) in [5.74, 6) is 0. The average Bonchev–Trinajstić information content (AvgIpc) is 2.78. The molecule has 104 valence electrons. The molecule has 1 aromatic carbocycles. The fourth-order valence-electron chi connectivity index (χ4n) is 2.72. The van der Waals surface area contributed by atoms with E-state index in [2.05, 4.69) is 28.2 Å². The Morgan fingerprint density at radius 1 is 1.42 bits per heavy atom. The lowest BCUT2D eigenvalue weighted by Crippen LogP contribution is -2.29. The van der Waals surface area contributed by atoms with E-state index in [0.29, 0.717) is 16.4 Å². The third kappa shape index (κ3) is 3.76. The molecule has 0 atom stereocenters. The minimum absolute atomic E-state index is 0.131. The summed E-state index contributed by atoms with van der Waals surface area (Å²) in [6.07, 6.45) is 5.20. The molecule has 0 aliphatic heterocycles. The second kappa shape index (κ2) is 6.01. The number of hydrogen-bond acceptors (Lipinski definition) is 3. The Kier molecular flexibility index (Phi) is 4.58. The Labute approximate surface area is 121 Å². The highest BCUT2D eigenvalue weighted by atomic mass is 79.9. The minimum Gasteiger partial charge on any atom is -0.312 e. The quantitative estimate of drug-likeness (QED) is 0.656. The molecule has 1 aliphatic carbocycles. The van der Waals surface area contributed by atoms with E-state index in [1.54, 1.807) is 12.1 Å². The predicted octanol–water partition coefficient (Wildman–Crippen LogP) is 4.03. The van der Waals surface area contributed by atoms with Crippen molar-refractivity contribution >= 4 is 21.6 Å². The van der Waals surface area contributed by atoms with Gasteiger partial charge in [0.2, 0.25) is 0 Å². The molecule has 0 bridgehead atoms. The number of benzene rings is 1. The maximum Gasteiger partial charge on any atom is 0.283 e. The van der Waals surface area contributed by atoms with Gasteiger partial charge in [-0.1, -0.05) is 25.8 Å². The van der Waals surface area contributed by atoms with E-state index in [1.807, 2.05) is 6.07 Å². The van der Waals surface area contributed by atoms with Crippen molar-refractivity contribution in [3.8, 4) is 0 Å². The van der Waals surface area contributed by atoms with E-state index in [-0.39, 0.29) is 10.6 Å². The van der Waals surface area contributed by atoms with Gasteiger partial charge >= 0.3 is 0 Å². The fourth-order valence-corrected chi connectivity index (χ4v) is 3.11. The first-order valence-electron chi connectivity index (χ1n) is 6.64. The molecule has 4 nitrogen and oxygen atoms in total. The first-order valence-corrected chi connectivity index (χ1v) is 7.43. The molecular formula is C14H19BrN2O2. The maximum atomic E-state index is 10.9. The van der Waals surface area contributed by atoms with Crippen LogP contribution < -0.4 is 5.32 Å². The Balaban J connectivity index is 1.92. The second-order valence-electron chi connectivity index (χ2n) is 5.66. The van der Waals surface area contributed by atoms with Gasteiger partial charge in [-0.3, -0.25) is 10.1 Å². The smallest absolute Gasteiger partial charge is 0.283 e. The van der Waals surface area contributed by atoms with Gasteiger partial charge in [0, 0.05) is 19.2 Å². The van der Waals surface area contributed by atoms with Gasteiger partial charge in [0.15, 0.2) is 0 Å². The molecule has 0 saturated heterocycles. The Morgan fingerprint density at radius 2 is 2.11 bits per heavy atom. The Morgan fingerprint density at radius 3 is 2.74 bits per heavy atom. The standard InChI is InChI=1S/C14H19BrN2O2/c1-14(6-2-3-7-14)10-16-9-11-4-5-12(15)13(8-11)17(18)19/h4-5,8,16H,2-3,6-7,9-10H2,1H3. The Bertz CT molecular complexity index is 471. The molecule has 19 heavy (non-hydrogen) atoms. The van der Waals surface area contributed by atoms with Crippen LogP contribution in [0.3, 0.4) is 0 Å². The predicted molar refractivity (Wildman–Crippen MR) is 79.1 cm³/mol. The third-order valence-corrected chi connectivity index (χ3v) is 4.57. The summed E-state index contributed by atoms with van der Waals surface area (Å²) in [5, 5.41) is 14.3. The normalized spacial score (nSPS) is 17.6. The van der Waals surface area contributed by atoms with Crippen molar-refractivity contribution < 1.29 is 4.92 Å². The van der Waals surface area contributed by atoms with Crippen molar-refractivity contribution in [2.45, 2.75) is 39.2 Å². The highest BCUT2D eigenvalue weighted by molar-refractivity contribution is 9.10. The van der Waals surface area contributed by atoms with Crippen LogP contribution in [0.5, 0.6) is 0 Å². The topological polar surface area (TPSA) is 55.2 Å². The summed E-state index contributed by atoms with van der Waals surface area (Å²) < 4.78 is 0.531. The van der Waals surface area contributed by atoms with E-state index in [9.17, 15) is 10.1 Å². The van der Waals surface area contributed by atoms with E-state index < -0.39 is 0 Å². The summed E-state index contributed by atoms with van der Waals surface area (Å²) >= 11 is 3.20. The minimum atomic E-state index is -0.355. The largest absolute Gasteiger partial charge is 0.312 e. The number of rotatable bonds is 5. The van der Waals surface area contributed by atoms with Crippen molar-refractivity contribution in [2.24, 2.45) is 5.41 Å². The van der Waals surface area contributed by atoms with E-state index in [0.717, 1.165) is 12.1 Å². The van der Waals surface area contributed by atoms with Gasteiger partial charge < -0.3 is 5.32 Å². The highest BCUT2D eigenvalue weighted by Gasteiger charge is 2.27. The molecule has 2 rings (SSSR count). The molecule has 5 heteroatoms. The average molecular weight is 327 g/mol. The van der Waals surface area contributed by atoms with E-state index in [1.165, 1.54) is 25.7 Å². The van der Waals surface area contributed by atoms with Crippen LogP contribution in [0.25, 0.3) is 0 Å². The van der Waals surface area contributed by atoms with Gasteiger partial charge in [0.05, 0.1) is 9.40 Å². The van der Waals surface area contributed by atoms with Gasteiger partial charge in [-0.2, -0.15) is 0 Å². The summed E-state index contributed by atoms with van der Waals surface area (Å²) in [6.45, 7) is 3.98. The number of nitrogens with one attached hydrogen (secondary N) is 1. The number of nitrogens with zero attached hydrogens (tertiary/aromatic N) is 1. The van der Waals surface area contributed by atoms with Crippen molar-refractivity contribution in [3.63, 3.8) is 0 Å². The molecular weight excluding hydrogens is 308 g/mol. The fraction of sp³-hybridized carbons (Fsp3) is 0.571. The summed E-state index contributed by atoms with van der Waals surface area (Å²) in [5.41, 5.74) is 1.49. The third-order valence-electron chi connectivity index (χ3n) is 3.90. The molecule has 0 heterocycles. The van der Waals surface area contributed by atoms with Crippen LogP contribution in [-0.4, -0.2) is 11.5 Å². The van der Waals surface area contributed by atoms with Gasteiger partial charge in [-0.05, 0) is 45.8 Å². The maximum absolute atomic E-state index is 10.9. The molecule has 1 N–H and O–H groups in total. The highest BCUT2D eigenvalue weighted by Crippen LogP contribution is 2.36. The molecule has 0 radical (unpaired) electrons. The second-order valence-corrected chi connectivity index (χ2v) is 6.52. The van der Waals surface area contributed by atoms with Gasteiger partial charge in [-0.25, -0.2) is 0 Å². The van der Waals surface area contributed by atoms with Crippen LogP contribution in [0.1, 0.15) is 38.2 Å². The van der Waals surface area contributed by atoms with Crippen LogP contribution in [0.15, 0.2) is 22.7 Å².